The van der Waals surface area contributed by atoms with Crippen LogP contribution >= 0.6 is 7.92 Å². The zero-order valence-corrected chi connectivity index (χ0v) is 22.6. The Labute approximate surface area is 233 Å². The Hall–Kier alpha value is -3.28. The minimum absolute atomic E-state index is 0. The fraction of sp³-hybridized carbons (Fsp3) is 0.0606. The smallest absolute Gasteiger partial charge is 0.00506 e. The summed E-state index contributed by atoms with van der Waals surface area (Å²) in [5.74, 6) is -0.0961. The van der Waals surface area contributed by atoms with E-state index in [1.807, 2.05) is 74.3 Å². The van der Waals surface area contributed by atoms with Gasteiger partial charge in [-0.25, -0.2) is 0 Å². The van der Waals surface area contributed by atoms with Gasteiger partial charge in [-0.1, -0.05) is 158 Å². The summed E-state index contributed by atoms with van der Waals surface area (Å²) >= 11 is 0. The molecule has 0 aliphatic heterocycles. The summed E-state index contributed by atoms with van der Waals surface area (Å²) in [6.45, 7) is 6.34. The van der Waals surface area contributed by atoms with E-state index in [2.05, 4.69) is 97.6 Å². The first-order chi connectivity index (χ1) is 17.8. The molecule has 0 N–H and O–H groups in total. The third kappa shape index (κ3) is 11.5. The summed E-state index contributed by atoms with van der Waals surface area (Å²) in [6.07, 6.45) is 11.9. The largest absolute Gasteiger partial charge is 0.0767 e. The molecule has 0 spiro atoms. The van der Waals surface area contributed by atoms with Crippen LogP contribution in [0, 0.1) is 13.1 Å². The molecule has 1 radical (unpaired) electrons. The molecule has 4 heteroatoms. The number of benzene rings is 4. The maximum Gasteiger partial charge on any atom is 0.00506 e. The maximum absolute atomic E-state index is 10.2. The second-order valence-corrected chi connectivity index (χ2v) is 9.77. The van der Waals surface area contributed by atoms with Gasteiger partial charge < -0.3 is 4.79 Å². The fourth-order valence-electron chi connectivity index (χ4n) is 3.31. The van der Waals surface area contributed by atoms with Crippen LogP contribution < -0.4 is 15.9 Å². The average Bonchev–Trinajstić information content (AvgIpc) is 3.57. The molecule has 187 valence electrons. The fourth-order valence-corrected chi connectivity index (χ4v) is 5.61. The molecule has 0 fully saturated rings. The van der Waals surface area contributed by atoms with Crippen LogP contribution in [0.1, 0.15) is 18.4 Å². The molecule has 0 saturated carbocycles. The van der Waals surface area contributed by atoms with Crippen LogP contribution in [-0.4, -0.2) is 6.29 Å². The van der Waals surface area contributed by atoms with Crippen LogP contribution in [-0.2, 0) is 26.5 Å². The zero-order valence-electron chi connectivity index (χ0n) is 20.6. The summed E-state index contributed by atoms with van der Waals surface area (Å²) in [6, 6.07) is 41.9. The standard InChI is InChI=1S/C18H15P.C9H9O.C5H5.CO.Fe/c1-4-10-16(11-5-1)19(17-12-6-2-7-13-17)18-14-8-3-9-15-18;1-8(7-10)9-5-3-2-4-6-9;1-2-4-5-3-1;1-2;/h1-15H;2-6,8H,1H3;1-5H;;/q;-1;;;/t;8-;;;/m.1.../s1. The monoisotopic (exact) mass is 544 g/mol. The third-order valence-corrected chi connectivity index (χ3v) is 7.52. The third-order valence-electron chi connectivity index (χ3n) is 5.08. The van der Waals surface area contributed by atoms with E-state index in [1.165, 1.54) is 15.9 Å². The molecule has 0 heterocycles. The van der Waals surface area contributed by atoms with Crippen molar-refractivity contribution in [1.82, 2.24) is 0 Å². The second-order valence-electron chi connectivity index (χ2n) is 7.55. The predicted molar refractivity (Wildman–Crippen MR) is 152 cm³/mol. The molecule has 4 aromatic rings. The van der Waals surface area contributed by atoms with Crippen molar-refractivity contribution in [2.45, 2.75) is 12.8 Å². The quantitative estimate of drug-likeness (QED) is 0.120. The van der Waals surface area contributed by atoms with E-state index in [1.54, 1.807) is 0 Å². The molecule has 0 bridgehead atoms. The Morgan fingerprint density at radius 2 is 0.919 bits per heavy atom. The van der Waals surface area contributed by atoms with Gasteiger partial charge >= 0.3 is 11.3 Å². The van der Waals surface area contributed by atoms with Crippen molar-refractivity contribution in [2.75, 3.05) is 0 Å². The second kappa shape index (κ2) is 19.9. The Balaban J connectivity index is 0.000000319. The molecule has 0 unspecified atom stereocenters. The van der Waals surface area contributed by atoms with Crippen molar-refractivity contribution in [3.8, 4) is 0 Å². The summed E-state index contributed by atoms with van der Waals surface area (Å²) in [4.78, 5) is 10.2. The SMILES string of the molecule is C[C@H]([C-]=O)c1ccccc1.[C-]#[O+].[CH]1C=CC=C1.[Fe].c1ccc(P(c2ccccc2)c2ccccc2)cc1. The normalized spacial score (nSPS) is 11.2. The molecule has 5 rings (SSSR count). The molecule has 1 aliphatic rings. The van der Waals surface area contributed by atoms with Gasteiger partial charge in [-0.2, -0.15) is 0 Å². The van der Waals surface area contributed by atoms with Crippen molar-refractivity contribution >= 4 is 30.1 Å². The number of hydrogen-bond donors (Lipinski definition) is 0. The summed E-state index contributed by atoms with van der Waals surface area (Å²) in [5, 5.41) is 4.19. The molecule has 1 atom stereocenters. The Morgan fingerprint density at radius 3 is 1.19 bits per heavy atom. The van der Waals surface area contributed by atoms with Gasteiger partial charge in [-0.15, -0.1) is 5.92 Å². The van der Waals surface area contributed by atoms with Crippen LogP contribution in [0.3, 0.4) is 0 Å². The minimum Gasteiger partial charge on any atom is -0.0767 e. The van der Waals surface area contributed by atoms with Crippen molar-refractivity contribution in [3.63, 3.8) is 0 Å². The molecule has 0 aromatic heterocycles. The van der Waals surface area contributed by atoms with E-state index in [9.17, 15) is 4.79 Å². The van der Waals surface area contributed by atoms with Crippen LogP contribution in [0.5, 0.6) is 0 Å². The van der Waals surface area contributed by atoms with E-state index < -0.39 is 7.92 Å². The average molecular weight is 544 g/mol. The predicted octanol–water partition coefficient (Wildman–Crippen LogP) is 6.62. The Kier molecular flexibility index (Phi) is 17.0. The molecule has 1 aliphatic carbocycles. The van der Waals surface area contributed by atoms with Crippen LogP contribution in [0.2, 0.25) is 0 Å². The van der Waals surface area contributed by atoms with E-state index in [4.69, 9.17) is 4.65 Å². The zero-order chi connectivity index (χ0) is 25.8. The maximum atomic E-state index is 10.2. The molecule has 4 aromatic carbocycles. The summed E-state index contributed by atoms with van der Waals surface area (Å²) in [7, 11) is -0.446. The van der Waals surface area contributed by atoms with E-state index in [-0.39, 0.29) is 23.0 Å². The molecular weight excluding hydrogens is 515 g/mol. The van der Waals surface area contributed by atoms with Crippen LogP contribution in [0.25, 0.3) is 0 Å². The number of allylic oxidation sites excluding steroid dienone is 4. The first-order valence-corrected chi connectivity index (χ1v) is 12.9. The van der Waals surface area contributed by atoms with Gasteiger partial charge in [-0.3, -0.25) is 6.29 Å². The van der Waals surface area contributed by atoms with Crippen LogP contribution in [0.15, 0.2) is 146 Å². The van der Waals surface area contributed by atoms with Crippen molar-refractivity contribution in [1.29, 1.82) is 0 Å². The molecular formula is C33H29FeO2P-. The topological polar surface area (TPSA) is 37.0 Å². The number of hydrogen-bond acceptors (Lipinski definition) is 1. The first kappa shape index (κ1) is 31.7. The van der Waals surface area contributed by atoms with Crippen molar-refractivity contribution < 1.29 is 26.5 Å². The molecule has 0 saturated heterocycles. The molecule has 0 amide bonds. The van der Waals surface area contributed by atoms with E-state index in [0.29, 0.717) is 0 Å². The van der Waals surface area contributed by atoms with E-state index >= 15 is 0 Å². The van der Waals surface area contributed by atoms with Gasteiger partial charge in [0.2, 0.25) is 0 Å². The summed E-state index contributed by atoms with van der Waals surface area (Å²) < 4.78 is 7.50. The number of carbonyl (C=O) groups excluding carboxylic acids is 1. The van der Waals surface area contributed by atoms with Crippen LogP contribution in [0.4, 0.5) is 0 Å². The van der Waals surface area contributed by atoms with Crippen molar-refractivity contribution in [3.05, 3.63) is 164 Å². The molecule has 37 heavy (non-hydrogen) atoms. The Morgan fingerprint density at radius 1 is 0.595 bits per heavy atom. The number of rotatable bonds is 5. The summed E-state index contributed by atoms with van der Waals surface area (Å²) in [5.41, 5.74) is 1.03. The van der Waals surface area contributed by atoms with Gasteiger partial charge in [0.1, 0.15) is 0 Å². The van der Waals surface area contributed by atoms with Gasteiger partial charge in [-0.05, 0) is 23.8 Å². The van der Waals surface area contributed by atoms with Gasteiger partial charge in [0.15, 0.2) is 0 Å². The Bertz CT molecular complexity index is 1090. The van der Waals surface area contributed by atoms with Gasteiger partial charge in [0.05, 0.1) is 0 Å². The van der Waals surface area contributed by atoms with Gasteiger partial charge in [0, 0.05) is 23.5 Å². The van der Waals surface area contributed by atoms with E-state index in [0.717, 1.165) is 5.56 Å². The van der Waals surface area contributed by atoms with Crippen molar-refractivity contribution in [2.24, 2.45) is 0 Å². The molecule has 2 nitrogen and oxygen atoms in total. The first-order valence-electron chi connectivity index (χ1n) is 11.5. The van der Waals surface area contributed by atoms with Gasteiger partial charge in [0.25, 0.3) is 0 Å². The minimum atomic E-state index is -0.446.